The number of sulfonamides is 1. The van der Waals surface area contributed by atoms with Gasteiger partial charge >= 0.3 is 0 Å². The van der Waals surface area contributed by atoms with Crippen LogP contribution in [0.3, 0.4) is 0 Å². The molecule has 0 aromatic heterocycles. The molecule has 154 valence electrons. The smallest absolute Gasteiger partial charge is 0.240 e. The molecule has 0 spiro atoms. The van der Waals surface area contributed by atoms with Crippen LogP contribution in [-0.2, 0) is 10.0 Å². The Morgan fingerprint density at radius 3 is 2.54 bits per heavy atom. The highest BCUT2D eigenvalue weighted by Crippen LogP contribution is 2.29. The van der Waals surface area contributed by atoms with Crippen molar-refractivity contribution in [2.75, 3.05) is 20.2 Å². The summed E-state index contributed by atoms with van der Waals surface area (Å²) < 4.78 is 60.4. The van der Waals surface area contributed by atoms with Crippen LogP contribution in [0.5, 0.6) is 5.75 Å². The molecule has 1 aliphatic heterocycles. The summed E-state index contributed by atoms with van der Waals surface area (Å²) in [5.74, 6) is -1.50. The molecular weight excluding hydrogens is 410 g/mol. The Kier molecular flexibility index (Phi) is 7.39. The highest BCUT2D eigenvalue weighted by molar-refractivity contribution is 7.89. The molecule has 28 heavy (non-hydrogen) atoms. The minimum Gasteiger partial charge on any atom is -0.496 e. The summed E-state index contributed by atoms with van der Waals surface area (Å²) in [5.41, 5.74) is 1.29. The zero-order chi connectivity index (χ0) is 19.6. The maximum Gasteiger partial charge on any atom is 0.240 e. The minimum atomic E-state index is -3.78. The van der Waals surface area contributed by atoms with Crippen LogP contribution in [0.4, 0.5) is 8.78 Å². The van der Waals surface area contributed by atoms with Crippen LogP contribution in [0.25, 0.3) is 0 Å². The van der Waals surface area contributed by atoms with Gasteiger partial charge in [0.2, 0.25) is 10.0 Å². The highest BCUT2D eigenvalue weighted by atomic mass is 35.5. The number of hydrogen-bond donors (Lipinski definition) is 2. The Labute approximate surface area is 169 Å². The standard InChI is InChI=1S/C19H22F2N2O3S.ClH/c1-12-9-14(4-6-19(12)26-2)27(24,25)23-18-11-22-8-7-15(18)13-3-5-16(20)17(21)10-13;/h3-6,9-10,15,18,22-23H,7-8,11H2,1-2H3;1H. The summed E-state index contributed by atoms with van der Waals surface area (Å²) in [6, 6.07) is 7.88. The van der Waals surface area contributed by atoms with Crippen LogP contribution in [0.2, 0.25) is 0 Å². The van der Waals surface area contributed by atoms with Crippen molar-refractivity contribution < 1.29 is 21.9 Å². The molecule has 3 rings (SSSR count). The van der Waals surface area contributed by atoms with Gasteiger partial charge in [-0.25, -0.2) is 21.9 Å². The van der Waals surface area contributed by atoms with Crippen molar-refractivity contribution in [3.05, 3.63) is 59.2 Å². The fourth-order valence-corrected chi connectivity index (χ4v) is 4.77. The second kappa shape index (κ2) is 9.17. The number of benzene rings is 2. The van der Waals surface area contributed by atoms with E-state index >= 15 is 0 Å². The molecular formula is C19H23ClF2N2O3S. The number of halogens is 3. The first-order valence-corrected chi connectivity index (χ1v) is 10.1. The topological polar surface area (TPSA) is 67.4 Å². The van der Waals surface area contributed by atoms with Crippen LogP contribution in [-0.4, -0.2) is 34.7 Å². The second-order valence-corrected chi connectivity index (χ2v) is 8.35. The molecule has 0 bridgehead atoms. The van der Waals surface area contributed by atoms with E-state index in [1.165, 1.54) is 19.2 Å². The third kappa shape index (κ3) is 4.81. The normalized spacial score (nSPS) is 19.7. The summed E-state index contributed by atoms with van der Waals surface area (Å²) >= 11 is 0. The van der Waals surface area contributed by atoms with Crippen molar-refractivity contribution in [2.24, 2.45) is 0 Å². The predicted octanol–water partition coefficient (Wildman–Crippen LogP) is 3.13. The number of aryl methyl sites for hydroxylation is 1. The number of methoxy groups -OCH3 is 1. The van der Waals surface area contributed by atoms with Crippen LogP contribution >= 0.6 is 12.4 Å². The number of rotatable bonds is 5. The molecule has 2 aromatic carbocycles. The SMILES string of the molecule is COc1ccc(S(=O)(=O)NC2CNCCC2c2ccc(F)c(F)c2)cc1C.Cl. The molecule has 2 aromatic rings. The van der Waals surface area contributed by atoms with Gasteiger partial charge in [0.15, 0.2) is 11.6 Å². The van der Waals surface area contributed by atoms with E-state index in [2.05, 4.69) is 10.0 Å². The second-order valence-electron chi connectivity index (χ2n) is 6.63. The molecule has 1 fully saturated rings. The van der Waals surface area contributed by atoms with Crippen molar-refractivity contribution >= 4 is 22.4 Å². The lowest BCUT2D eigenvalue weighted by Crippen LogP contribution is -2.49. The first-order chi connectivity index (χ1) is 12.8. The lowest BCUT2D eigenvalue weighted by atomic mass is 9.86. The molecule has 2 unspecified atom stereocenters. The van der Waals surface area contributed by atoms with Crippen molar-refractivity contribution in [1.82, 2.24) is 10.0 Å². The maximum atomic E-state index is 13.6. The summed E-state index contributed by atoms with van der Waals surface area (Å²) in [5, 5.41) is 3.15. The van der Waals surface area contributed by atoms with Crippen molar-refractivity contribution in [3.63, 3.8) is 0 Å². The molecule has 1 saturated heterocycles. The van der Waals surface area contributed by atoms with E-state index in [9.17, 15) is 17.2 Å². The van der Waals surface area contributed by atoms with Crippen LogP contribution in [0, 0.1) is 18.6 Å². The van der Waals surface area contributed by atoms with Gasteiger partial charge < -0.3 is 10.1 Å². The van der Waals surface area contributed by atoms with Gasteiger partial charge in [0.05, 0.1) is 12.0 Å². The quantitative estimate of drug-likeness (QED) is 0.761. The Morgan fingerprint density at radius 1 is 1.14 bits per heavy atom. The first-order valence-electron chi connectivity index (χ1n) is 8.64. The van der Waals surface area contributed by atoms with E-state index in [0.29, 0.717) is 36.4 Å². The maximum absolute atomic E-state index is 13.6. The zero-order valence-electron chi connectivity index (χ0n) is 15.5. The van der Waals surface area contributed by atoms with E-state index < -0.39 is 27.7 Å². The van der Waals surface area contributed by atoms with Gasteiger partial charge in [0, 0.05) is 18.5 Å². The molecule has 0 aliphatic carbocycles. The van der Waals surface area contributed by atoms with E-state index in [1.807, 2.05) is 0 Å². The average molecular weight is 433 g/mol. The molecule has 0 saturated carbocycles. The fourth-order valence-electron chi connectivity index (χ4n) is 3.41. The van der Waals surface area contributed by atoms with E-state index in [1.54, 1.807) is 19.1 Å². The van der Waals surface area contributed by atoms with E-state index in [0.717, 1.165) is 12.1 Å². The first kappa shape index (κ1) is 22.5. The molecule has 0 amide bonds. The molecule has 1 aliphatic rings. The third-order valence-electron chi connectivity index (χ3n) is 4.84. The van der Waals surface area contributed by atoms with Gasteiger partial charge in [-0.15, -0.1) is 12.4 Å². The van der Waals surface area contributed by atoms with Crippen molar-refractivity contribution in [1.29, 1.82) is 0 Å². The molecule has 5 nitrogen and oxygen atoms in total. The zero-order valence-corrected chi connectivity index (χ0v) is 17.2. The Morgan fingerprint density at radius 2 is 1.89 bits per heavy atom. The Hall–Kier alpha value is -1.74. The van der Waals surface area contributed by atoms with Gasteiger partial charge in [-0.3, -0.25) is 0 Å². The summed E-state index contributed by atoms with van der Waals surface area (Å²) in [7, 11) is -2.26. The Balaban J connectivity index is 0.00000280. The molecule has 1 heterocycles. The number of hydrogen-bond acceptors (Lipinski definition) is 4. The molecule has 0 radical (unpaired) electrons. The van der Waals surface area contributed by atoms with Crippen LogP contribution in [0.1, 0.15) is 23.5 Å². The average Bonchev–Trinajstić information content (AvgIpc) is 2.64. The van der Waals surface area contributed by atoms with Crippen LogP contribution in [0.15, 0.2) is 41.3 Å². The Bertz CT molecular complexity index is 941. The van der Waals surface area contributed by atoms with Crippen LogP contribution < -0.4 is 14.8 Å². The number of ether oxygens (including phenoxy) is 1. The number of piperidine rings is 1. The summed E-state index contributed by atoms with van der Waals surface area (Å²) in [6.07, 6.45) is 0.611. The number of nitrogens with one attached hydrogen (secondary N) is 2. The highest BCUT2D eigenvalue weighted by Gasteiger charge is 2.31. The monoisotopic (exact) mass is 432 g/mol. The van der Waals surface area contributed by atoms with Gasteiger partial charge in [0.1, 0.15) is 5.75 Å². The minimum absolute atomic E-state index is 0. The van der Waals surface area contributed by atoms with Gasteiger partial charge in [-0.1, -0.05) is 6.07 Å². The van der Waals surface area contributed by atoms with E-state index in [4.69, 9.17) is 4.74 Å². The summed E-state index contributed by atoms with van der Waals surface area (Å²) in [6.45, 7) is 2.84. The van der Waals surface area contributed by atoms with Gasteiger partial charge in [0.25, 0.3) is 0 Å². The van der Waals surface area contributed by atoms with Gasteiger partial charge in [-0.2, -0.15) is 0 Å². The van der Waals surface area contributed by atoms with Crippen molar-refractivity contribution in [2.45, 2.75) is 30.2 Å². The molecule has 2 atom stereocenters. The van der Waals surface area contributed by atoms with Crippen molar-refractivity contribution in [3.8, 4) is 5.75 Å². The molecule has 9 heteroatoms. The van der Waals surface area contributed by atoms with Gasteiger partial charge in [-0.05, 0) is 61.3 Å². The largest absolute Gasteiger partial charge is 0.496 e. The third-order valence-corrected chi connectivity index (χ3v) is 6.32. The van der Waals surface area contributed by atoms with E-state index in [-0.39, 0.29) is 23.2 Å². The lowest BCUT2D eigenvalue weighted by molar-refractivity contribution is 0.376. The summed E-state index contributed by atoms with van der Waals surface area (Å²) in [4.78, 5) is 0.135. The fraction of sp³-hybridized carbons (Fsp3) is 0.368. The predicted molar refractivity (Wildman–Crippen MR) is 106 cm³/mol. The molecule has 2 N–H and O–H groups in total. The lowest BCUT2D eigenvalue weighted by Gasteiger charge is -2.33.